The van der Waals surface area contributed by atoms with Crippen molar-refractivity contribution in [3.8, 4) is 11.5 Å². The number of rotatable bonds is 9. The van der Waals surface area contributed by atoms with Gasteiger partial charge in [0, 0.05) is 11.1 Å². The van der Waals surface area contributed by atoms with E-state index in [0.717, 1.165) is 12.8 Å². The summed E-state index contributed by atoms with van der Waals surface area (Å²) in [6, 6.07) is 14.4. The standard InChI is InChI=1S/C18H22N4O2.2ClH/c19-17(20)13-5-3-7-15(11-13)23-9-1-2-10-24-16-8-4-6-14(12-16)18(21)22;;/h3-8,11-12H,1-2,9-10H2,(H3,19,20)(H3,21,22);2*1H. The summed E-state index contributed by atoms with van der Waals surface area (Å²) in [6.45, 7) is 1.14. The molecular formula is C18H24Cl2N4O2. The molecule has 0 aromatic heterocycles. The van der Waals surface area contributed by atoms with Gasteiger partial charge in [-0.05, 0) is 37.1 Å². The minimum Gasteiger partial charge on any atom is -0.494 e. The molecule has 0 saturated heterocycles. The van der Waals surface area contributed by atoms with Crippen molar-refractivity contribution in [1.29, 1.82) is 10.8 Å². The average molecular weight is 399 g/mol. The summed E-state index contributed by atoms with van der Waals surface area (Å²) >= 11 is 0. The molecule has 8 heteroatoms. The summed E-state index contributed by atoms with van der Waals surface area (Å²) < 4.78 is 11.3. The average Bonchev–Trinajstić information content (AvgIpc) is 2.58. The minimum atomic E-state index is 0. The maximum Gasteiger partial charge on any atom is 0.122 e. The molecule has 0 unspecified atom stereocenters. The molecule has 6 N–H and O–H groups in total. The van der Waals surface area contributed by atoms with E-state index in [-0.39, 0.29) is 36.5 Å². The van der Waals surface area contributed by atoms with Gasteiger partial charge in [-0.15, -0.1) is 24.8 Å². The highest BCUT2D eigenvalue weighted by Gasteiger charge is 2.01. The Labute approximate surface area is 165 Å². The van der Waals surface area contributed by atoms with Gasteiger partial charge < -0.3 is 20.9 Å². The number of benzene rings is 2. The van der Waals surface area contributed by atoms with Gasteiger partial charge in [0.2, 0.25) is 0 Å². The molecule has 0 amide bonds. The molecular weight excluding hydrogens is 375 g/mol. The van der Waals surface area contributed by atoms with E-state index in [1.807, 2.05) is 24.3 Å². The Morgan fingerprint density at radius 1 is 0.731 bits per heavy atom. The molecule has 0 aliphatic heterocycles. The van der Waals surface area contributed by atoms with E-state index in [1.165, 1.54) is 0 Å². The lowest BCUT2D eigenvalue weighted by Gasteiger charge is -2.09. The fourth-order valence-corrected chi connectivity index (χ4v) is 2.09. The van der Waals surface area contributed by atoms with Crippen LogP contribution in [0.3, 0.4) is 0 Å². The van der Waals surface area contributed by atoms with Crippen LogP contribution in [0.25, 0.3) is 0 Å². The van der Waals surface area contributed by atoms with E-state index in [0.29, 0.717) is 35.8 Å². The number of nitrogens with two attached hydrogens (primary N) is 2. The molecule has 2 rings (SSSR count). The molecule has 26 heavy (non-hydrogen) atoms. The van der Waals surface area contributed by atoms with Gasteiger partial charge in [-0.1, -0.05) is 24.3 Å². The van der Waals surface area contributed by atoms with Crippen LogP contribution >= 0.6 is 24.8 Å². The molecule has 0 atom stereocenters. The van der Waals surface area contributed by atoms with Crippen LogP contribution in [0.2, 0.25) is 0 Å². The van der Waals surface area contributed by atoms with E-state index in [2.05, 4.69) is 0 Å². The van der Waals surface area contributed by atoms with E-state index in [9.17, 15) is 0 Å². The first-order chi connectivity index (χ1) is 11.6. The number of nitrogen functional groups attached to an aromatic ring is 2. The molecule has 2 aromatic carbocycles. The van der Waals surface area contributed by atoms with Crippen molar-refractivity contribution in [2.75, 3.05) is 13.2 Å². The number of nitrogens with one attached hydrogen (secondary N) is 2. The fourth-order valence-electron chi connectivity index (χ4n) is 2.09. The maximum absolute atomic E-state index is 7.41. The smallest absolute Gasteiger partial charge is 0.122 e. The van der Waals surface area contributed by atoms with Crippen molar-refractivity contribution < 1.29 is 9.47 Å². The van der Waals surface area contributed by atoms with Gasteiger partial charge in [-0.25, -0.2) is 0 Å². The normalized spacial score (nSPS) is 9.38. The van der Waals surface area contributed by atoms with Gasteiger partial charge in [-0.2, -0.15) is 0 Å². The third-order valence-corrected chi connectivity index (χ3v) is 3.37. The second kappa shape index (κ2) is 12.0. The van der Waals surface area contributed by atoms with Crippen molar-refractivity contribution in [1.82, 2.24) is 0 Å². The second-order valence-corrected chi connectivity index (χ2v) is 5.29. The van der Waals surface area contributed by atoms with E-state index >= 15 is 0 Å². The Kier molecular flexibility index (Phi) is 10.9. The molecule has 0 fully saturated rings. The van der Waals surface area contributed by atoms with Gasteiger partial charge >= 0.3 is 0 Å². The molecule has 0 heterocycles. The predicted molar refractivity (Wildman–Crippen MR) is 110 cm³/mol. The number of amidine groups is 2. The first-order valence-corrected chi connectivity index (χ1v) is 7.71. The Balaban J connectivity index is 0.00000312. The van der Waals surface area contributed by atoms with Crippen LogP contribution in [-0.4, -0.2) is 24.9 Å². The summed E-state index contributed by atoms with van der Waals surface area (Å²) in [7, 11) is 0. The van der Waals surface area contributed by atoms with Crippen LogP contribution in [-0.2, 0) is 0 Å². The van der Waals surface area contributed by atoms with Crippen molar-refractivity contribution in [2.45, 2.75) is 12.8 Å². The van der Waals surface area contributed by atoms with Crippen LogP contribution in [0.4, 0.5) is 0 Å². The number of hydrogen-bond acceptors (Lipinski definition) is 4. The summed E-state index contributed by atoms with van der Waals surface area (Å²) in [5, 5.41) is 14.8. The molecule has 142 valence electrons. The number of unbranched alkanes of at least 4 members (excludes halogenated alkanes) is 1. The molecule has 0 aliphatic carbocycles. The summed E-state index contributed by atoms with van der Waals surface area (Å²) in [6.07, 6.45) is 1.69. The fraction of sp³-hybridized carbons (Fsp3) is 0.222. The number of ether oxygens (including phenoxy) is 2. The lowest BCUT2D eigenvalue weighted by molar-refractivity contribution is 0.266. The van der Waals surface area contributed by atoms with E-state index in [4.69, 9.17) is 31.8 Å². The van der Waals surface area contributed by atoms with Gasteiger partial charge in [0.15, 0.2) is 0 Å². The van der Waals surface area contributed by atoms with Gasteiger partial charge in [0.1, 0.15) is 23.2 Å². The molecule has 0 aliphatic rings. The molecule has 0 bridgehead atoms. The SMILES string of the molecule is Cl.Cl.N=C(N)c1cccc(OCCCCOc2cccc(C(=N)N)c2)c1. The number of halogens is 2. The van der Waals surface area contributed by atoms with Crippen LogP contribution in [0.1, 0.15) is 24.0 Å². The van der Waals surface area contributed by atoms with Gasteiger partial charge in [0.05, 0.1) is 13.2 Å². The first-order valence-electron chi connectivity index (χ1n) is 7.71. The monoisotopic (exact) mass is 398 g/mol. The van der Waals surface area contributed by atoms with E-state index < -0.39 is 0 Å². The van der Waals surface area contributed by atoms with Gasteiger partial charge in [0.25, 0.3) is 0 Å². The summed E-state index contributed by atoms with van der Waals surface area (Å²) in [4.78, 5) is 0. The van der Waals surface area contributed by atoms with Crippen LogP contribution in [0.15, 0.2) is 48.5 Å². The quantitative estimate of drug-likeness (QED) is 0.294. The summed E-state index contributed by atoms with van der Waals surface area (Å²) in [5.74, 6) is 1.47. The highest BCUT2D eigenvalue weighted by Crippen LogP contribution is 2.15. The molecule has 0 radical (unpaired) electrons. The predicted octanol–water partition coefficient (Wildman–Crippen LogP) is 3.34. The van der Waals surface area contributed by atoms with Crippen LogP contribution in [0, 0.1) is 10.8 Å². The maximum atomic E-state index is 7.41. The number of hydrogen-bond donors (Lipinski definition) is 4. The highest BCUT2D eigenvalue weighted by molar-refractivity contribution is 5.95. The highest BCUT2D eigenvalue weighted by atomic mass is 35.5. The third kappa shape index (κ3) is 7.63. The Bertz CT molecular complexity index is 664. The zero-order valence-electron chi connectivity index (χ0n) is 14.2. The second-order valence-electron chi connectivity index (χ2n) is 5.29. The lowest BCUT2D eigenvalue weighted by atomic mass is 10.2. The molecule has 0 spiro atoms. The third-order valence-electron chi connectivity index (χ3n) is 3.37. The lowest BCUT2D eigenvalue weighted by Crippen LogP contribution is -2.11. The zero-order chi connectivity index (χ0) is 17.4. The van der Waals surface area contributed by atoms with Crippen molar-refractivity contribution in [2.24, 2.45) is 11.5 Å². The van der Waals surface area contributed by atoms with Crippen LogP contribution in [0.5, 0.6) is 11.5 Å². The Hall–Kier alpha value is -2.44. The minimum absolute atomic E-state index is 0. The largest absolute Gasteiger partial charge is 0.494 e. The Morgan fingerprint density at radius 2 is 1.12 bits per heavy atom. The summed E-state index contributed by atoms with van der Waals surface area (Å²) in [5.41, 5.74) is 12.2. The van der Waals surface area contributed by atoms with Crippen LogP contribution < -0.4 is 20.9 Å². The van der Waals surface area contributed by atoms with E-state index in [1.54, 1.807) is 24.3 Å². The van der Waals surface area contributed by atoms with Crippen molar-refractivity contribution >= 4 is 36.5 Å². The van der Waals surface area contributed by atoms with Crippen molar-refractivity contribution in [3.05, 3.63) is 59.7 Å². The molecule has 6 nitrogen and oxygen atoms in total. The molecule has 2 aromatic rings. The molecule has 0 saturated carbocycles. The zero-order valence-corrected chi connectivity index (χ0v) is 15.9. The van der Waals surface area contributed by atoms with Gasteiger partial charge in [-0.3, -0.25) is 10.8 Å². The topological polar surface area (TPSA) is 118 Å². The first kappa shape index (κ1) is 23.6. The van der Waals surface area contributed by atoms with Crippen molar-refractivity contribution in [3.63, 3.8) is 0 Å². The Morgan fingerprint density at radius 3 is 1.46 bits per heavy atom.